The summed E-state index contributed by atoms with van der Waals surface area (Å²) in [7, 11) is 1.52. The minimum atomic E-state index is -1.96. The lowest BCUT2D eigenvalue weighted by Crippen LogP contribution is -2.52. The molecule has 0 unspecified atom stereocenters. The van der Waals surface area contributed by atoms with Crippen molar-refractivity contribution in [2.45, 2.75) is 25.1 Å². The minimum absolute atomic E-state index is 0.165. The topological polar surface area (TPSA) is 107 Å². The van der Waals surface area contributed by atoms with Gasteiger partial charge < -0.3 is 19.5 Å². The van der Waals surface area contributed by atoms with Gasteiger partial charge in [-0.2, -0.15) is 5.10 Å². The number of fused-ring (bicyclic) bond motifs is 2. The van der Waals surface area contributed by atoms with E-state index >= 15 is 0 Å². The van der Waals surface area contributed by atoms with E-state index in [0.29, 0.717) is 46.3 Å². The summed E-state index contributed by atoms with van der Waals surface area (Å²) in [5.74, 6) is -0.771. The fourth-order valence-corrected chi connectivity index (χ4v) is 5.70. The maximum absolute atomic E-state index is 14.9. The Morgan fingerprint density at radius 3 is 2.70 bits per heavy atom. The number of ether oxygens (including phenoxy) is 2. The molecule has 1 aliphatic rings. The molecule has 3 aromatic heterocycles. The molecule has 10 nitrogen and oxygen atoms in total. The first-order chi connectivity index (χ1) is 19.2. The molecule has 1 aliphatic heterocycles. The molecule has 1 N–H and O–H groups in total. The van der Waals surface area contributed by atoms with Gasteiger partial charge in [-0.15, -0.1) is 0 Å². The van der Waals surface area contributed by atoms with Crippen LogP contribution in [-0.4, -0.2) is 66.4 Å². The molecule has 0 spiro atoms. The predicted octanol–water partition coefficient (Wildman–Crippen LogP) is 3.75. The number of halogens is 2. The zero-order valence-corrected chi connectivity index (χ0v) is 22.3. The van der Waals surface area contributed by atoms with Crippen molar-refractivity contribution in [2.75, 3.05) is 20.3 Å². The second kappa shape index (κ2) is 9.99. The van der Waals surface area contributed by atoms with Gasteiger partial charge in [-0.1, -0.05) is 17.4 Å². The number of hydrogen-bond donors (Lipinski definition) is 1. The van der Waals surface area contributed by atoms with Gasteiger partial charge >= 0.3 is 0 Å². The van der Waals surface area contributed by atoms with Gasteiger partial charge in [0.1, 0.15) is 48.0 Å². The molecule has 2 aromatic carbocycles. The zero-order valence-electron chi connectivity index (χ0n) is 21.5. The Bertz CT molecular complexity index is 1670. The fraction of sp³-hybridized carbons (Fsp3) is 0.259. The summed E-state index contributed by atoms with van der Waals surface area (Å²) >= 11 is 1.18. The molecular weight excluding hydrogens is 542 g/mol. The summed E-state index contributed by atoms with van der Waals surface area (Å²) in [5, 5.41) is 15.8. The van der Waals surface area contributed by atoms with E-state index in [0.717, 1.165) is 11.6 Å². The second-order valence-electron chi connectivity index (χ2n) is 9.50. The van der Waals surface area contributed by atoms with Crippen molar-refractivity contribution < 1.29 is 28.2 Å². The third-order valence-electron chi connectivity index (χ3n) is 7.06. The maximum Gasteiger partial charge on any atom is 0.265 e. The van der Waals surface area contributed by atoms with Gasteiger partial charge in [0.15, 0.2) is 16.5 Å². The maximum atomic E-state index is 14.9. The number of carbonyl (C=O) groups excluding carboxylic acids is 1. The van der Waals surface area contributed by atoms with Crippen LogP contribution in [0.15, 0.2) is 61.4 Å². The zero-order chi connectivity index (χ0) is 28.0. The Morgan fingerprint density at radius 1 is 1.18 bits per heavy atom. The van der Waals surface area contributed by atoms with Crippen LogP contribution in [-0.2, 0) is 12.1 Å². The molecule has 5 aromatic rings. The lowest BCUT2D eigenvalue weighted by Gasteiger charge is -2.39. The first kappa shape index (κ1) is 25.9. The van der Waals surface area contributed by atoms with E-state index < -0.39 is 29.2 Å². The van der Waals surface area contributed by atoms with E-state index in [4.69, 9.17) is 9.47 Å². The van der Waals surface area contributed by atoms with E-state index in [2.05, 4.69) is 15.1 Å². The van der Waals surface area contributed by atoms with Crippen molar-refractivity contribution in [2.24, 2.45) is 0 Å². The fourth-order valence-electron chi connectivity index (χ4n) is 4.75. The summed E-state index contributed by atoms with van der Waals surface area (Å²) in [6.45, 7) is 2.36. The number of likely N-dealkylation sites (N-methyl/N-ethyl adjacent to an activating group) is 1. The third kappa shape index (κ3) is 4.56. The van der Waals surface area contributed by atoms with Crippen LogP contribution in [0.1, 0.15) is 22.2 Å². The molecule has 0 bridgehead atoms. The summed E-state index contributed by atoms with van der Waals surface area (Å²) in [6, 6.07) is 7.59. The highest BCUT2D eigenvalue weighted by Crippen LogP contribution is 2.36. The molecule has 206 valence electrons. The van der Waals surface area contributed by atoms with Crippen molar-refractivity contribution in [1.29, 1.82) is 0 Å². The van der Waals surface area contributed by atoms with Crippen LogP contribution in [0.4, 0.5) is 8.78 Å². The summed E-state index contributed by atoms with van der Waals surface area (Å²) < 4.78 is 42.9. The van der Waals surface area contributed by atoms with Crippen molar-refractivity contribution in [3.05, 3.63) is 83.5 Å². The highest BCUT2D eigenvalue weighted by Gasteiger charge is 2.43. The normalized spacial score (nSPS) is 15.1. The molecule has 1 amide bonds. The first-order valence-electron chi connectivity index (χ1n) is 12.4. The molecule has 0 aliphatic carbocycles. The van der Waals surface area contributed by atoms with E-state index in [9.17, 15) is 18.7 Å². The SMILES string of the molecule is C[C@@H](N(C)C(=O)c1cn2cc(-c3ccc4c(c3)OCCO4)nc2s1)[C@](O)(Cn1cncn1)c1ccc(F)cc1F. The van der Waals surface area contributed by atoms with Crippen LogP contribution < -0.4 is 9.47 Å². The summed E-state index contributed by atoms with van der Waals surface area (Å²) in [6.07, 6.45) is 6.12. The van der Waals surface area contributed by atoms with Crippen LogP contribution in [0, 0.1) is 11.6 Å². The Labute approximate surface area is 231 Å². The highest BCUT2D eigenvalue weighted by molar-refractivity contribution is 7.18. The summed E-state index contributed by atoms with van der Waals surface area (Å²) in [5.41, 5.74) is -0.573. The number of aliphatic hydroxyl groups is 1. The van der Waals surface area contributed by atoms with E-state index in [1.807, 2.05) is 24.4 Å². The van der Waals surface area contributed by atoms with E-state index in [1.54, 1.807) is 17.5 Å². The standard InChI is InChI=1S/C27H24F2N6O4S/c1-16(27(37,13-35-15-30-14-31-35)19-5-4-18(28)10-20(19)29)33(2)25(36)24-12-34-11-21(32-26(34)40-24)17-3-6-22-23(9-17)39-8-7-38-22/h3-6,9-12,14-16,37H,7-8,13H2,1-2H3/t16-,27-/m1/s1. The number of carbonyl (C=O) groups is 1. The molecule has 0 radical (unpaired) electrons. The van der Waals surface area contributed by atoms with Gasteiger partial charge in [0.25, 0.3) is 5.91 Å². The number of imidazole rings is 1. The lowest BCUT2D eigenvalue weighted by molar-refractivity contribution is -0.0499. The first-order valence-corrected chi connectivity index (χ1v) is 13.2. The Morgan fingerprint density at radius 2 is 1.98 bits per heavy atom. The van der Waals surface area contributed by atoms with Crippen molar-refractivity contribution >= 4 is 22.2 Å². The van der Waals surface area contributed by atoms with Crippen LogP contribution >= 0.6 is 11.3 Å². The third-order valence-corrected chi connectivity index (χ3v) is 8.05. The average Bonchev–Trinajstić information content (AvgIpc) is 3.69. The molecule has 0 saturated heterocycles. The summed E-state index contributed by atoms with van der Waals surface area (Å²) in [4.78, 5) is 24.4. The van der Waals surface area contributed by atoms with Crippen molar-refractivity contribution in [3.8, 4) is 22.8 Å². The van der Waals surface area contributed by atoms with Crippen molar-refractivity contribution in [1.82, 2.24) is 29.0 Å². The van der Waals surface area contributed by atoms with Gasteiger partial charge in [0.2, 0.25) is 0 Å². The molecule has 2 atom stereocenters. The van der Waals surface area contributed by atoms with Gasteiger partial charge in [0, 0.05) is 36.6 Å². The lowest BCUT2D eigenvalue weighted by atomic mass is 9.85. The number of nitrogens with zero attached hydrogens (tertiary/aromatic N) is 6. The molecule has 0 saturated carbocycles. The Kier molecular flexibility index (Phi) is 6.47. The largest absolute Gasteiger partial charge is 0.486 e. The van der Waals surface area contributed by atoms with Crippen LogP contribution in [0.5, 0.6) is 11.5 Å². The van der Waals surface area contributed by atoms with Gasteiger partial charge in [-0.3, -0.25) is 9.20 Å². The Balaban J connectivity index is 1.28. The molecule has 40 heavy (non-hydrogen) atoms. The van der Waals surface area contributed by atoms with Gasteiger partial charge in [-0.25, -0.2) is 23.4 Å². The monoisotopic (exact) mass is 566 g/mol. The highest BCUT2D eigenvalue weighted by atomic mass is 32.1. The molecule has 0 fully saturated rings. The average molecular weight is 567 g/mol. The van der Waals surface area contributed by atoms with Crippen LogP contribution in [0.3, 0.4) is 0 Å². The number of amides is 1. The van der Waals surface area contributed by atoms with Gasteiger partial charge in [-0.05, 0) is 31.2 Å². The molecule has 6 rings (SSSR count). The molecular formula is C27H24F2N6O4S. The predicted molar refractivity (Wildman–Crippen MR) is 141 cm³/mol. The molecule has 13 heteroatoms. The number of aromatic nitrogens is 5. The minimum Gasteiger partial charge on any atom is -0.486 e. The van der Waals surface area contributed by atoms with Gasteiger partial charge in [0.05, 0.1) is 18.3 Å². The Hall–Kier alpha value is -4.36. The number of rotatable bonds is 7. The second-order valence-corrected chi connectivity index (χ2v) is 10.5. The number of thiazole rings is 1. The molecule has 4 heterocycles. The smallest absolute Gasteiger partial charge is 0.265 e. The van der Waals surface area contributed by atoms with Crippen molar-refractivity contribution in [3.63, 3.8) is 0 Å². The number of hydrogen-bond acceptors (Lipinski definition) is 8. The van der Waals surface area contributed by atoms with Crippen LogP contribution in [0.25, 0.3) is 16.2 Å². The quantitative estimate of drug-likeness (QED) is 0.320. The van der Waals surface area contributed by atoms with Crippen LogP contribution in [0.2, 0.25) is 0 Å². The van der Waals surface area contributed by atoms with E-state index in [1.165, 1.54) is 46.7 Å². The van der Waals surface area contributed by atoms with E-state index in [-0.39, 0.29) is 12.1 Å². The number of benzene rings is 2.